The lowest BCUT2D eigenvalue weighted by Crippen LogP contribution is -2.54. The molecule has 1 amide bonds. The molecule has 0 saturated carbocycles. The summed E-state index contributed by atoms with van der Waals surface area (Å²) in [7, 11) is 0. The molecule has 0 radical (unpaired) electrons. The molecule has 0 bridgehead atoms. The first-order valence-electron chi connectivity index (χ1n) is 6.94. The molecular weight excluding hydrogens is 268 g/mol. The molecular formula is C15H16N4O2. The molecule has 1 saturated heterocycles. The number of pyridine rings is 1. The van der Waals surface area contributed by atoms with E-state index in [1.54, 1.807) is 12.3 Å². The predicted octanol–water partition coefficient (Wildman–Crippen LogP) is 0.939. The zero-order valence-corrected chi connectivity index (χ0v) is 11.7. The van der Waals surface area contributed by atoms with Crippen LogP contribution in [0, 0.1) is 11.3 Å². The average Bonchev–Trinajstić information content (AvgIpc) is 2.71. The first-order chi connectivity index (χ1) is 10.2. The molecule has 3 rings (SSSR count). The van der Waals surface area contributed by atoms with Gasteiger partial charge in [0.05, 0.1) is 18.2 Å². The SMILES string of the molecule is C=CC(=O)N1CCN2c3ncc(C#N)cc3OCCC2C1. The zero-order chi connectivity index (χ0) is 14.8. The molecule has 6 heteroatoms. The Kier molecular flexibility index (Phi) is 3.48. The third-order valence-electron chi connectivity index (χ3n) is 3.91. The first kappa shape index (κ1) is 13.4. The maximum Gasteiger partial charge on any atom is 0.246 e. The van der Waals surface area contributed by atoms with Crippen LogP contribution in [0.15, 0.2) is 24.9 Å². The van der Waals surface area contributed by atoms with Crippen LogP contribution in [0.5, 0.6) is 5.75 Å². The van der Waals surface area contributed by atoms with Crippen LogP contribution in [-0.2, 0) is 4.79 Å². The lowest BCUT2D eigenvalue weighted by molar-refractivity contribution is -0.126. The van der Waals surface area contributed by atoms with Crippen LogP contribution in [0.25, 0.3) is 0 Å². The van der Waals surface area contributed by atoms with Gasteiger partial charge in [0.25, 0.3) is 0 Å². The Morgan fingerprint density at radius 1 is 1.57 bits per heavy atom. The van der Waals surface area contributed by atoms with E-state index < -0.39 is 0 Å². The number of carbonyl (C=O) groups is 1. The van der Waals surface area contributed by atoms with Gasteiger partial charge in [-0.25, -0.2) is 4.98 Å². The fourth-order valence-corrected chi connectivity index (χ4v) is 2.84. The minimum atomic E-state index is -0.0344. The topological polar surface area (TPSA) is 69.5 Å². The minimum absolute atomic E-state index is 0.0344. The summed E-state index contributed by atoms with van der Waals surface area (Å²) in [6.45, 7) is 6.09. The Hall–Kier alpha value is -2.55. The molecule has 0 N–H and O–H groups in total. The van der Waals surface area contributed by atoms with E-state index in [-0.39, 0.29) is 11.9 Å². The average molecular weight is 284 g/mol. The second-order valence-corrected chi connectivity index (χ2v) is 5.13. The van der Waals surface area contributed by atoms with Gasteiger partial charge in [0.1, 0.15) is 6.07 Å². The Balaban J connectivity index is 1.88. The number of rotatable bonds is 1. The van der Waals surface area contributed by atoms with Gasteiger partial charge in [-0.2, -0.15) is 5.26 Å². The number of carbonyl (C=O) groups excluding carboxylic acids is 1. The van der Waals surface area contributed by atoms with Crippen LogP contribution in [0.1, 0.15) is 12.0 Å². The second-order valence-electron chi connectivity index (χ2n) is 5.13. The highest BCUT2D eigenvalue weighted by Crippen LogP contribution is 2.33. The molecule has 0 aliphatic carbocycles. The van der Waals surface area contributed by atoms with E-state index in [0.29, 0.717) is 37.6 Å². The van der Waals surface area contributed by atoms with Crippen LogP contribution >= 0.6 is 0 Å². The van der Waals surface area contributed by atoms with Crippen molar-refractivity contribution >= 4 is 11.7 Å². The minimum Gasteiger partial charge on any atom is -0.490 e. The molecule has 2 aliphatic rings. The van der Waals surface area contributed by atoms with E-state index in [1.807, 2.05) is 4.90 Å². The molecule has 1 aromatic heterocycles. The molecule has 1 unspecified atom stereocenters. The van der Waals surface area contributed by atoms with Crippen molar-refractivity contribution in [3.05, 3.63) is 30.5 Å². The predicted molar refractivity (Wildman–Crippen MR) is 77.0 cm³/mol. The summed E-state index contributed by atoms with van der Waals surface area (Å²) >= 11 is 0. The van der Waals surface area contributed by atoms with Crippen LogP contribution in [0.3, 0.4) is 0 Å². The number of nitrogens with zero attached hydrogens (tertiary/aromatic N) is 4. The van der Waals surface area contributed by atoms with E-state index >= 15 is 0 Å². The normalized spacial score (nSPS) is 20.4. The monoisotopic (exact) mass is 284 g/mol. The van der Waals surface area contributed by atoms with Gasteiger partial charge in [-0.1, -0.05) is 6.58 Å². The second kappa shape index (κ2) is 5.44. The summed E-state index contributed by atoms with van der Waals surface area (Å²) < 4.78 is 5.73. The van der Waals surface area contributed by atoms with Crippen LogP contribution in [-0.4, -0.2) is 48.1 Å². The molecule has 108 valence electrons. The van der Waals surface area contributed by atoms with E-state index in [2.05, 4.69) is 22.5 Å². The molecule has 6 nitrogen and oxygen atoms in total. The zero-order valence-electron chi connectivity index (χ0n) is 11.7. The lowest BCUT2D eigenvalue weighted by atomic mass is 10.1. The van der Waals surface area contributed by atoms with E-state index in [1.165, 1.54) is 6.08 Å². The number of amides is 1. The summed E-state index contributed by atoms with van der Waals surface area (Å²) in [5.41, 5.74) is 0.493. The third-order valence-corrected chi connectivity index (χ3v) is 3.91. The van der Waals surface area contributed by atoms with E-state index in [4.69, 9.17) is 10.00 Å². The van der Waals surface area contributed by atoms with Gasteiger partial charge in [0, 0.05) is 38.3 Å². The molecule has 0 aromatic carbocycles. The number of hydrogen-bond acceptors (Lipinski definition) is 5. The summed E-state index contributed by atoms with van der Waals surface area (Å²) in [6.07, 6.45) is 3.74. The van der Waals surface area contributed by atoms with Gasteiger partial charge < -0.3 is 14.5 Å². The molecule has 1 aromatic rings. The Labute approximate surface area is 123 Å². The summed E-state index contributed by atoms with van der Waals surface area (Å²) in [4.78, 5) is 20.1. The molecule has 1 atom stereocenters. The fraction of sp³-hybridized carbons (Fsp3) is 0.400. The van der Waals surface area contributed by atoms with Crippen molar-refractivity contribution in [3.8, 4) is 11.8 Å². The van der Waals surface area contributed by atoms with E-state index in [9.17, 15) is 4.79 Å². The maximum atomic E-state index is 11.8. The molecule has 0 spiro atoms. The van der Waals surface area contributed by atoms with Gasteiger partial charge in [-0.05, 0) is 6.08 Å². The van der Waals surface area contributed by atoms with Gasteiger partial charge in [0.15, 0.2) is 11.6 Å². The number of aromatic nitrogens is 1. The molecule has 3 heterocycles. The van der Waals surface area contributed by atoms with Crippen molar-refractivity contribution in [2.24, 2.45) is 0 Å². The lowest BCUT2D eigenvalue weighted by Gasteiger charge is -2.40. The van der Waals surface area contributed by atoms with Crippen molar-refractivity contribution in [2.45, 2.75) is 12.5 Å². The molecule has 21 heavy (non-hydrogen) atoms. The van der Waals surface area contributed by atoms with Gasteiger partial charge >= 0.3 is 0 Å². The van der Waals surface area contributed by atoms with Crippen molar-refractivity contribution in [2.75, 3.05) is 31.1 Å². The summed E-state index contributed by atoms with van der Waals surface area (Å²) in [6, 6.07) is 3.99. The Morgan fingerprint density at radius 3 is 3.19 bits per heavy atom. The Morgan fingerprint density at radius 2 is 2.43 bits per heavy atom. The van der Waals surface area contributed by atoms with Crippen LogP contribution in [0.2, 0.25) is 0 Å². The number of hydrogen-bond donors (Lipinski definition) is 0. The van der Waals surface area contributed by atoms with Gasteiger partial charge in [-0.15, -0.1) is 0 Å². The van der Waals surface area contributed by atoms with Gasteiger partial charge in [0.2, 0.25) is 5.91 Å². The number of piperazine rings is 1. The quantitative estimate of drug-likeness (QED) is 0.718. The van der Waals surface area contributed by atoms with Crippen molar-refractivity contribution in [1.82, 2.24) is 9.88 Å². The smallest absolute Gasteiger partial charge is 0.246 e. The molecule has 2 aliphatic heterocycles. The standard InChI is InChI=1S/C15H16N4O2/c1-2-14(20)18-4-5-19-12(10-18)3-6-21-13-7-11(8-16)9-17-15(13)19/h2,7,9,12H,1,3-6,10H2. The fourth-order valence-electron chi connectivity index (χ4n) is 2.84. The van der Waals surface area contributed by atoms with Crippen LogP contribution in [0.4, 0.5) is 5.82 Å². The highest BCUT2D eigenvalue weighted by atomic mass is 16.5. The van der Waals surface area contributed by atoms with E-state index in [0.717, 1.165) is 12.2 Å². The summed E-state index contributed by atoms with van der Waals surface area (Å²) in [5.74, 6) is 1.38. The van der Waals surface area contributed by atoms with Crippen LogP contribution < -0.4 is 9.64 Å². The third kappa shape index (κ3) is 2.42. The van der Waals surface area contributed by atoms with Crippen molar-refractivity contribution in [3.63, 3.8) is 0 Å². The number of ether oxygens (including phenoxy) is 1. The summed E-state index contributed by atoms with van der Waals surface area (Å²) in [5, 5.41) is 8.95. The highest BCUT2D eigenvalue weighted by Gasteiger charge is 2.33. The number of nitriles is 1. The molecule has 1 fully saturated rings. The highest BCUT2D eigenvalue weighted by molar-refractivity contribution is 5.87. The first-order valence-corrected chi connectivity index (χ1v) is 6.94. The maximum absolute atomic E-state index is 11.8. The largest absolute Gasteiger partial charge is 0.490 e. The Bertz CT molecular complexity index is 623. The number of anilines is 1. The van der Waals surface area contributed by atoms with Crippen molar-refractivity contribution < 1.29 is 9.53 Å². The van der Waals surface area contributed by atoms with Gasteiger partial charge in [-0.3, -0.25) is 4.79 Å². The number of fused-ring (bicyclic) bond motifs is 3. The van der Waals surface area contributed by atoms with Crippen molar-refractivity contribution in [1.29, 1.82) is 5.26 Å².